The number of hydrogen-bond acceptors (Lipinski definition) is 4. The summed E-state index contributed by atoms with van der Waals surface area (Å²) < 4.78 is 5.03. The molecule has 1 unspecified atom stereocenters. The van der Waals surface area contributed by atoms with Gasteiger partial charge in [0.1, 0.15) is 0 Å². The number of hydrogen-bond donors (Lipinski definition) is 2. The Bertz CT molecular complexity index is 504. The Morgan fingerprint density at radius 1 is 1.45 bits per heavy atom. The molecule has 6 nitrogen and oxygen atoms in total. The normalized spacial score (nSPS) is 14.6. The van der Waals surface area contributed by atoms with Gasteiger partial charge < -0.3 is 9.84 Å². The summed E-state index contributed by atoms with van der Waals surface area (Å²) >= 11 is 0. The van der Waals surface area contributed by atoms with Crippen LogP contribution in [0.1, 0.15) is 18.9 Å². The maximum absolute atomic E-state index is 11.7. The molecule has 1 aromatic carbocycles. The highest BCUT2D eigenvalue weighted by Gasteiger charge is 2.20. The lowest BCUT2D eigenvalue weighted by Gasteiger charge is -2.20. The van der Waals surface area contributed by atoms with Crippen molar-refractivity contribution < 1.29 is 19.4 Å². The van der Waals surface area contributed by atoms with Gasteiger partial charge in [-0.25, -0.2) is 10.2 Å². The summed E-state index contributed by atoms with van der Waals surface area (Å²) in [6.45, 7) is 2.53. The van der Waals surface area contributed by atoms with Crippen LogP contribution < -0.4 is 10.4 Å². The largest absolute Gasteiger partial charge is 0.481 e. The number of ether oxygens (including phenoxy) is 1. The molecule has 0 spiro atoms. The van der Waals surface area contributed by atoms with Crippen molar-refractivity contribution in [2.24, 2.45) is 5.92 Å². The molecule has 0 saturated heterocycles. The molecular weight excluding hydrogens is 260 g/mol. The number of fused-ring (bicyclic) bond motifs is 1. The fourth-order valence-corrected chi connectivity index (χ4v) is 2.17. The molecule has 2 N–H and O–H groups in total. The molecule has 0 radical (unpaired) electrons. The van der Waals surface area contributed by atoms with E-state index >= 15 is 0 Å². The van der Waals surface area contributed by atoms with E-state index < -0.39 is 12.1 Å². The third kappa shape index (κ3) is 3.63. The maximum atomic E-state index is 11.7. The summed E-state index contributed by atoms with van der Waals surface area (Å²) in [7, 11) is 0. The van der Waals surface area contributed by atoms with Gasteiger partial charge in [-0.1, -0.05) is 25.1 Å². The summed E-state index contributed by atoms with van der Waals surface area (Å²) in [5, 5.41) is 10.4. The summed E-state index contributed by atoms with van der Waals surface area (Å²) in [6, 6.07) is 7.85. The number of benzene rings is 1. The third-order valence-corrected chi connectivity index (χ3v) is 3.14. The molecule has 2 rings (SSSR count). The lowest BCUT2D eigenvalue weighted by molar-refractivity contribution is -0.138. The number of aliphatic carboxylic acids is 1. The van der Waals surface area contributed by atoms with Crippen LogP contribution in [0.2, 0.25) is 0 Å². The van der Waals surface area contributed by atoms with Gasteiger partial charge in [0.25, 0.3) is 0 Å². The van der Waals surface area contributed by atoms with Gasteiger partial charge in [-0.3, -0.25) is 9.80 Å². The van der Waals surface area contributed by atoms with Gasteiger partial charge >= 0.3 is 12.1 Å². The Kier molecular flexibility index (Phi) is 4.45. The van der Waals surface area contributed by atoms with Gasteiger partial charge in [0.05, 0.1) is 18.7 Å². The van der Waals surface area contributed by atoms with E-state index in [1.165, 1.54) is 5.56 Å². The first-order chi connectivity index (χ1) is 9.56. The number of anilines is 1. The molecule has 1 aliphatic rings. The Morgan fingerprint density at radius 3 is 2.95 bits per heavy atom. The Labute approximate surface area is 117 Å². The van der Waals surface area contributed by atoms with Gasteiger partial charge in [0.2, 0.25) is 0 Å². The highest BCUT2D eigenvalue weighted by Crippen LogP contribution is 2.25. The predicted octanol–water partition coefficient (Wildman–Crippen LogP) is 1.80. The van der Waals surface area contributed by atoms with E-state index in [1.807, 2.05) is 24.3 Å². The number of amides is 1. The van der Waals surface area contributed by atoms with Gasteiger partial charge in [0, 0.05) is 12.5 Å². The van der Waals surface area contributed by atoms with Crippen molar-refractivity contribution in [1.82, 2.24) is 5.43 Å². The topological polar surface area (TPSA) is 78.9 Å². The second-order valence-electron chi connectivity index (χ2n) is 4.94. The van der Waals surface area contributed by atoms with Crippen LogP contribution in [0, 0.1) is 5.92 Å². The van der Waals surface area contributed by atoms with E-state index in [9.17, 15) is 9.59 Å². The molecule has 0 bridgehead atoms. The molecule has 1 aliphatic heterocycles. The van der Waals surface area contributed by atoms with Crippen molar-refractivity contribution in [2.75, 3.05) is 18.2 Å². The molecular formula is C14H18N2O4. The first-order valence-electron chi connectivity index (χ1n) is 6.57. The van der Waals surface area contributed by atoms with E-state index in [0.717, 1.165) is 12.1 Å². The molecule has 0 fully saturated rings. The highest BCUT2D eigenvalue weighted by atomic mass is 16.6. The van der Waals surface area contributed by atoms with Crippen LogP contribution in [0.5, 0.6) is 0 Å². The third-order valence-electron chi connectivity index (χ3n) is 3.14. The molecule has 6 heteroatoms. The maximum Gasteiger partial charge on any atom is 0.426 e. The van der Waals surface area contributed by atoms with E-state index in [2.05, 4.69) is 5.43 Å². The average molecular weight is 278 g/mol. The fourth-order valence-electron chi connectivity index (χ4n) is 2.17. The zero-order valence-corrected chi connectivity index (χ0v) is 11.3. The standard InChI is InChI=1S/C14H18N2O4/c1-10(8-13(17)18)9-20-14(19)15-16-7-6-11-4-2-3-5-12(11)16/h2-5,10H,6-9H2,1H3,(H,15,19)(H,17,18). The van der Waals surface area contributed by atoms with Crippen molar-refractivity contribution in [3.05, 3.63) is 29.8 Å². The zero-order chi connectivity index (χ0) is 14.5. The Balaban J connectivity index is 1.80. The molecule has 0 saturated carbocycles. The zero-order valence-electron chi connectivity index (χ0n) is 11.3. The molecule has 1 heterocycles. The fraction of sp³-hybridized carbons (Fsp3) is 0.429. The van der Waals surface area contributed by atoms with Crippen molar-refractivity contribution in [3.8, 4) is 0 Å². The van der Waals surface area contributed by atoms with Gasteiger partial charge in [-0.2, -0.15) is 0 Å². The molecule has 20 heavy (non-hydrogen) atoms. The van der Waals surface area contributed by atoms with Crippen LogP contribution >= 0.6 is 0 Å². The number of carbonyl (C=O) groups is 2. The molecule has 108 valence electrons. The van der Waals surface area contributed by atoms with E-state index in [0.29, 0.717) is 6.54 Å². The van der Waals surface area contributed by atoms with Crippen LogP contribution in [-0.4, -0.2) is 30.3 Å². The summed E-state index contributed by atoms with van der Waals surface area (Å²) in [4.78, 5) is 22.2. The van der Waals surface area contributed by atoms with Gasteiger partial charge in [-0.05, 0) is 18.1 Å². The van der Waals surface area contributed by atoms with Crippen molar-refractivity contribution >= 4 is 17.7 Å². The second-order valence-corrected chi connectivity index (χ2v) is 4.94. The minimum Gasteiger partial charge on any atom is -0.481 e. The second kappa shape index (κ2) is 6.27. The first kappa shape index (κ1) is 14.2. The van der Waals surface area contributed by atoms with Gasteiger partial charge in [-0.15, -0.1) is 0 Å². The van der Waals surface area contributed by atoms with Gasteiger partial charge in [0.15, 0.2) is 0 Å². The Morgan fingerprint density at radius 2 is 2.20 bits per heavy atom. The quantitative estimate of drug-likeness (QED) is 0.858. The van der Waals surface area contributed by atoms with Crippen LogP contribution in [0.4, 0.5) is 10.5 Å². The van der Waals surface area contributed by atoms with Crippen LogP contribution in [0.25, 0.3) is 0 Å². The number of nitrogens with one attached hydrogen (secondary N) is 1. The van der Waals surface area contributed by atoms with E-state index in [1.54, 1.807) is 11.9 Å². The Hall–Kier alpha value is -2.24. The highest BCUT2D eigenvalue weighted by molar-refractivity contribution is 5.72. The number of rotatable bonds is 5. The minimum atomic E-state index is -0.894. The number of carbonyl (C=O) groups excluding carboxylic acids is 1. The number of carboxylic acid groups (broad SMARTS) is 1. The molecule has 0 aliphatic carbocycles. The lowest BCUT2D eigenvalue weighted by atomic mass is 10.1. The molecule has 1 amide bonds. The predicted molar refractivity (Wildman–Crippen MR) is 73.4 cm³/mol. The molecule has 0 aromatic heterocycles. The van der Waals surface area contributed by atoms with Crippen molar-refractivity contribution in [1.29, 1.82) is 0 Å². The lowest BCUT2D eigenvalue weighted by Crippen LogP contribution is -2.42. The monoisotopic (exact) mass is 278 g/mol. The van der Waals surface area contributed by atoms with E-state index in [-0.39, 0.29) is 18.9 Å². The first-order valence-corrected chi connectivity index (χ1v) is 6.57. The minimum absolute atomic E-state index is 0.0141. The van der Waals surface area contributed by atoms with E-state index in [4.69, 9.17) is 9.84 Å². The van der Waals surface area contributed by atoms with Crippen molar-refractivity contribution in [3.63, 3.8) is 0 Å². The average Bonchev–Trinajstić information content (AvgIpc) is 2.79. The summed E-state index contributed by atoms with van der Waals surface area (Å²) in [5.41, 5.74) is 4.83. The smallest absolute Gasteiger partial charge is 0.426 e. The van der Waals surface area contributed by atoms with Crippen LogP contribution in [-0.2, 0) is 16.0 Å². The van der Waals surface area contributed by atoms with Crippen LogP contribution in [0.3, 0.4) is 0 Å². The number of nitrogens with zero attached hydrogens (tertiary/aromatic N) is 1. The number of para-hydroxylation sites is 1. The number of hydrazine groups is 1. The number of carboxylic acids is 1. The van der Waals surface area contributed by atoms with Crippen molar-refractivity contribution in [2.45, 2.75) is 19.8 Å². The summed E-state index contributed by atoms with van der Waals surface area (Å²) in [6.07, 6.45) is 0.310. The summed E-state index contributed by atoms with van der Waals surface area (Å²) in [5.74, 6) is -1.10. The molecule has 1 aromatic rings. The SMILES string of the molecule is CC(COC(=O)NN1CCc2ccccc21)CC(=O)O. The van der Waals surface area contributed by atoms with Crippen LogP contribution in [0.15, 0.2) is 24.3 Å². The molecule has 1 atom stereocenters.